The molecule has 1 unspecified atom stereocenters. The van der Waals surface area contributed by atoms with E-state index in [0.717, 1.165) is 44.9 Å². The normalized spacial score (nSPS) is 20.2. The number of para-hydroxylation sites is 2. The second-order valence-corrected chi connectivity index (χ2v) is 9.36. The number of pyridine rings is 1. The third kappa shape index (κ3) is 4.67. The van der Waals surface area contributed by atoms with Crippen LogP contribution in [0.25, 0.3) is 0 Å². The predicted octanol–water partition coefficient (Wildman–Crippen LogP) is 3.16. The van der Waals surface area contributed by atoms with Crippen molar-refractivity contribution in [3.63, 3.8) is 0 Å². The number of hydrogen-bond acceptors (Lipinski definition) is 5. The maximum atomic E-state index is 13.3. The molecule has 1 atom stereocenters. The van der Waals surface area contributed by atoms with Gasteiger partial charge in [-0.3, -0.25) is 14.4 Å². The highest BCUT2D eigenvalue weighted by atomic mass is 16.6. The van der Waals surface area contributed by atoms with Gasteiger partial charge in [-0.1, -0.05) is 25.0 Å². The van der Waals surface area contributed by atoms with Crippen LogP contribution in [0.2, 0.25) is 0 Å². The van der Waals surface area contributed by atoms with Crippen molar-refractivity contribution < 1.29 is 19.1 Å². The van der Waals surface area contributed by atoms with Crippen LogP contribution < -0.4 is 20.2 Å². The second-order valence-electron chi connectivity index (χ2n) is 9.36. The summed E-state index contributed by atoms with van der Waals surface area (Å²) in [7, 11) is 0. The second kappa shape index (κ2) is 9.91. The van der Waals surface area contributed by atoms with Gasteiger partial charge in [-0.2, -0.15) is 0 Å². The first kappa shape index (κ1) is 22.5. The molecule has 2 fully saturated rings. The zero-order valence-corrected chi connectivity index (χ0v) is 19.3. The van der Waals surface area contributed by atoms with E-state index in [1.54, 1.807) is 17.3 Å². The number of ether oxygens (including phenoxy) is 2. The van der Waals surface area contributed by atoms with Crippen LogP contribution in [0.5, 0.6) is 11.5 Å². The van der Waals surface area contributed by atoms with Crippen LogP contribution in [0.1, 0.15) is 71.7 Å². The lowest BCUT2D eigenvalue weighted by molar-refractivity contribution is 0.0721. The minimum absolute atomic E-state index is 0.00638. The van der Waals surface area contributed by atoms with Gasteiger partial charge < -0.3 is 24.3 Å². The number of nitrogens with one attached hydrogen (secondary N) is 1. The highest BCUT2D eigenvalue weighted by molar-refractivity contribution is 5.99. The zero-order valence-electron chi connectivity index (χ0n) is 19.3. The fourth-order valence-corrected chi connectivity index (χ4v) is 5.06. The van der Waals surface area contributed by atoms with Crippen LogP contribution in [0.4, 0.5) is 0 Å². The summed E-state index contributed by atoms with van der Waals surface area (Å²) in [5, 5.41) is 2.82. The van der Waals surface area contributed by atoms with Gasteiger partial charge in [0.05, 0.1) is 6.54 Å². The van der Waals surface area contributed by atoms with E-state index >= 15 is 0 Å². The van der Waals surface area contributed by atoms with Gasteiger partial charge in [0.25, 0.3) is 11.8 Å². The van der Waals surface area contributed by atoms with E-state index in [9.17, 15) is 14.4 Å². The lowest BCUT2D eigenvalue weighted by Crippen LogP contribution is -2.43. The van der Waals surface area contributed by atoms with E-state index in [1.807, 2.05) is 28.8 Å². The number of carbonyl (C=O) groups excluding carboxylic acids is 2. The van der Waals surface area contributed by atoms with Crippen molar-refractivity contribution in [2.75, 3.05) is 26.2 Å². The van der Waals surface area contributed by atoms with Crippen molar-refractivity contribution in [3.05, 3.63) is 58.0 Å². The van der Waals surface area contributed by atoms with Gasteiger partial charge in [-0.15, -0.1) is 0 Å². The van der Waals surface area contributed by atoms with Crippen molar-refractivity contribution in [2.45, 2.75) is 57.1 Å². The summed E-state index contributed by atoms with van der Waals surface area (Å²) in [6, 6.07) is 7.59. The van der Waals surface area contributed by atoms with Crippen molar-refractivity contribution >= 4 is 11.8 Å². The van der Waals surface area contributed by atoms with Crippen molar-refractivity contribution in [1.82, 2.24) is 14.8 Å². The van der Waals surface area contributed by atoms with E-state index < -0.39 is 11.3 Å². The van der Waals surface area contributed by atoms with E-state index in [2.05, 4.69) is 5.32 Å². The minimum Gasteiger partial charge on any atom is -0.486 e. The van der Waals surface area contributed by atoms with Gasteiger partial charge in [0.1, 0.15) is 23.8 Å². The van der Waals surface area contributed by atoms with Crippen LogP contribution in [0.15, 0.2) is 41.5 Å². The molecule has 1 aliphatic carbocycles. The molecule has 0 radical (unpaired) electrons. The number of rotatable bonds is 5. The molecule has 0 spiro atoms. The molecule has 1 aromatic heterocycles. The van der Waals surface area contributed by atoms with Gasteiger partial charge in [0, 0.05) is 31.5 Å². The number of fused-ring (bicyclic) bond motifs is 1. The largest absolute Gasteiger partial charge is 0.486 e. The van der Waals surface area contributed by atoms with Gasteiger partial charge >= 0.3 is 0 Å². The summed E-state index contributed by atoms with van der Waals surface area (Å²) in [5.74, 6) is 0.540. The molecule has 1 saturated carbocycles. The first-order valence-electron chi connectivity index (χ1n) is 12.3. The Morgan fingerprint density at radius 1 is 0.941 bits per heavy atom. The molecule has 3 heterocycles. The summed E-state index contributed by atoms with van der Waals surface area (Å²) in [6.07, 6.45) is 10.1. The van der Waals surface area contributed by atoms with E-state index in [0.29, 0.717) is 31.2 Å². The lowest BCUT2D eigenvalue weighted by Gasteiger charge is -2.27. The molecule has 2 aromatic rings. The molecule has 5 rings (SSSR count). The molecule has 3 aliphatic rings. The van der Waals surface area contributed by atoms with Crippen LogP contribution in [0.3, 0.4) is 0 Å². The third-order valence-corrected chi connectivity index (χ3v) is 6.97. The average molecular weight is 466 g/mol. The molecule has 180 valence electrons. The van der Waals surface area contributed by atoms with Crippen molar-refractivity contribution in [2.24, 2.45) is 0 Å². The number of nitrogens with zero attached hydrogens (tertiary/aromatic N) is 2. The average Bonchev–Trinajstić information content (AvgIpc) is 3.42. The SMILES string of the molecule is O=C(NCC1COc2ccccc2O1)c1cn(C2CCCC2)cc(C(=O)N2CCCCC2)c1=O. The number of carbonyl (C=O) groups is 2. The quantitative estimate of drug-likeness (QED) is 0.733. The molecule has 1 N–H and O–H groups in total. The Balaban J connectivity index is 1.36. The Morgan fingerprint density at radius 2 is 1.65 bits per heavy atom. The minimum atomic E-state index is -0.506. The zero-order chi connectivity index (χ0) is 23.5. The monoisotopic (exact) mass is 465 g/mol. The van der Waals surface area contributed by atoms with E-state index in [-0.39, 0.29) is 35.7 Å². The highest BCUT2D eigenvalue weighted by Gasteiger charge is 2.28. The molecule has 34 heavy (non-hydrogen) atoms. The molecule has 0 bridgehead atoms. The molecule has 2 amide bonds. The Labute approximate surface area is 198 Å². The van der Waals surface area contributed by atoms with Gasteiger partial charge in [-0.05, 0) is 44.2 Å². The fraction of sp³-hybridized carbons (Fsp3) is 0.500. The number of aromatic nitrogens is 1. The van der Waals surface area contributed by atoms with E-state index in [4.69, 9.17) is 9.47 Å². The molecule has 2 aliphatic heterocycles. The Kier molecular flexibility index (Phi) is 6.56. The van der Waals surface area contributed by atoms with Crippen LogP contribution in [-0.2, 0) is 0 Å². The summed E-state index contributed by atoms with van der Waals surface area (Å²) >= 11 is 0. The lowest BCUT2D eigenvalue weighted by atomic mass is 10.1. The van der Waals surface area contributed by atoms with Crippen molar-refractivity contribution in [3.8, 4) is 11.5 Å². The Bertz CT molecular complexity index is 1120. The Morgan fingerprint density at radius 3 is 2.41 bits per heavy atom. The molecule has 8 nitrogen and oxygen atoms in total. The van der Waals surface area contributed by atoms with Crippen molar-refractivity contribution in [1.29, 1.82) is 0 Å². The maximum absolute atomic E-state index is 13.3. The number of hydrogen-bond donors (Lipinski definition) is 1. The third-order valence-electron chi connectivity index (χ3n) is 6.97. The molecule has 1 saturated heterocycles. The molecular formula is C26H31N3O5. The number of likely N-dealkylation sites (tertiary alicyclic amines) is 1. The van der Waals surface area contributed by atoms with Gasteiger partial charge in [-0.25, -0.2) is 0 Å². The summed E-state index contributed by atoms with van der Waals surface area (Å²) in [6.45, 7) is 1.80. The van der Waals surface area contributed by atoms with Crippen LogP contribution in [0, 0.1) is 0 Å². The van der Waals surface area contributed by atoms with Gasteiger partial charge in [0.15, 0.2) is 11.5 Å². The summed E-state index contributed by atoms with van der Waals surface area (Å²) < 4.78 is 13.5. The Hall–Kier alpha value is -3.29. The summed E-state index contributed by atoms with van der Waals surface area (Å²) in [4.78, 5) is 41.4. The summed E-state index contributed by atoms with van der Waals surface area (Å²) in [5.41, 5.74) is -0.409. The highest BCUT2D eigenvalue weighted by Crippen LogP contribution is 2.31. The number of amides is 2. The van der Waals surface area contributed by atoms with Crippen LogP contribution >= 0.6 is 0 Å². The fourth-order valence-electron chi connectivity index (χ4n) is 5.06. The maximum Gasteiger partial charge on any atom is 0.259 e. The standard InChI is InChI=1S/C26H31N3O5/c30-24-20(25(31)27-14-19-17-33-22-10-4-5-11-23(22)34-19)15-29(18-8-2-3-9-18)16-21(24)26(32)28-12-6-1-7-13-28/h4-5,10-11,15-16,18-19H,1-3,6-9,12-14,17H2,(H,27,31). The van der Waals surface area contributed by atoms with E-state index in [1.165, 1.54) is 0 Å². The van der Waals surface area contributed by atoms with Crippen LogP contribution in [-0.4, -0.2) is 53.6 Å². The molecule has 8 heteroatoms. The predicted molar refractivity (Wildman–Crippen MR) is 127 cm³/mol. The number of benzene rings is 1. The molecular weight excluding hydrogens is 434 g/mol. The van der Waals surface area contributed by atoms with Gasteiger partial charge in [0.2, 0.25) is 5.43 Å². The number of piperidine rings is 1. The smallest absolute Gasteiger partial charge is 0.259 e. The molecule has 1 aromatic carbocycles. The first-order chi connectivity index (χ1) is 16.6. The first-order valence-corrected chi connectivity index (χ1v) is 12.3. The topological polar surface area (TPSA) is 89.9 Å².